The first-order chi connectivity index (χ1) is 7.13. The van der Waals surface area contributed by atoms with Gasteiger partial charge in [0.05, 0.1) is 10.2 Å². The van der Waals surface area contributed by atoms with Crippen molar-refractivity contribution in [3.05, 3.63) is 32.9 Å². The molecular formula is C9H6FNO3S. The Morgan fingerprint density at radius 3 is 3.00 bits per heavy atom. The van der Waals surface area contributed by atoms with Crippen molar-refractivity contribution < 1.29 is 14.3 Å². The van der Waals surface area contributed by atoms with E-state index in [4.69, 9.17) is 0 Å². The first-order valence-corrected chi connectivity index (χ1v) is 4.90. The van der Waals surface area contributed by atoms with Crippen LogP contribution in [0.2, 0.25) is 0 Å². The maximum absolute atomic E-state index is 11.7. The summed E-state index contributed by atoms with van der Waals surface area (Å²) in [6.07, 6.45) is 1.15. The fraction of sp³-hybridized carbons (Fsp3) is 0.111. The molecule has 15 heavy (non-hydrogen) atoms. The Morgan fingerprint density at radius 2 is 2.33 bits per heavy atom. The molecule has 2 aromatic heterocycles. The minimum Gasteiger partial charge on any atom is -0.359 e. The number of carbonyl (C=O) groups is 1. The van der Waals surface area contributed by atoms with Crippen LogP contribution in [-0.2, 0) is 4.94 Å². The summed E-state index contributed by atoms with van der Waals surface area (Å²) in [4.78, 5) is 29.2. The molecule has 1 N–H and O–H groups in total. The summed E-state index contributed by atoms with van der Waals surface area (Å²) in [5.74, 6) is -1.27. The van der Waals surface area contributed by atoms with Crippen LogP contribution in [0.25, 0.3) is 10.2 Å². The number of pyridine rings is 1. The van der Waals surface area contributed by atoms with Crippen molar-refractivity contribution in [2.45, 2.75) is 6.92 Å². The summed E-state index contributed by atoms with van der Waals surface area (Å²) >= 11 is 1.25. The highest BCUT2D eigenvalue weighted by Crippen LogP contribution is 2.20. The van der Waals surface area contributed by atoms with Crippen molar-refractivity contribution in [1.29, 1.82) is 0 Å². The maximum atomic E-state index is 11.7. The van der Waals surface area contributed by atoms with Crippen LogP contribution in [0.1, 0.15) is 15.2 Å². The molecule has 0 aliphatic rings. The van der Waals surface area contributed by atoms with E-state index < -0.39 is 11.4 Å². The molecule has 0 radical (unpaired) electrons. The number of aromatic amines is 1. The van der Waals surface area contributed by atoms with Gasteiger partial charge in [-0.15, -0.1) is 11.3 Å². The topological polar surface area (TPSA) is 59.2 Å². The van der Waals surface area contributed by atoms with E-state index >= 15 is 0 Å². The van der Waals surface area contributed by atoms with Crippen LogP contribution < -0.4 is 5.43 Å². The molecule has 0 aliphatic heterocycles. The van der Waals surface area contributed by atoms with E-state index in [1.807, 2.05) is 6.92 Å². The Morgan fingerprint density at radius 1 is 1.60 bits per heavy atom. The fourth-order valence-electron chi connectivity index (χ4n) is 1.32. The summed E-state index contributed by atoms with van der Waals surface area (Å²) in [5.41, 5.74) is -0.200. The second-order valence-electron chi connectivity index (χ2n) is 3.00. The number of rotatable bonds is 1. The van der Waals surface area contributed by atoms with Gasteiger partial charge in [-0.2, -0.15) is 0 Å². The smallest absolute Gasteiger partial charge is 0.359 e. The molecule has 0 spiro atoms. The molecule has 78 valence electrons. The summed E-state index contributed by atoms with van der Waals surface area (Å²) in [5, 5.41) is 0. The number of H-pyrrole nitrogens is 1. The Hall–Kier alpha value is -1.69. The third kappa shape index (κ3) is 1.52. The molecule has 2 heterocycles. The van der Waals surface area contributed by atoms with Crippen molar-refractivity contribution >= 4 is 27.5 Å². The molecule has 4 nitrogen and oxygen atoms in total. The summed E-state index contributed by atoms with van der Waals surface area (Å²) in [6.45, 7) is 1.84. The fourth-order valence-corrected chi connectivity index (χ4v) is 2.25. The lowest BCUT2D eigenvalue weighted by Gasteiger charge is -1.94. The van der Waals surface area contributed by atoms with Gasteiger partial charge >= 0.3 is 5.97 Å². The molecule has 0 bridgehead atoms. The summed E-state index contributed by atoms with van der Waals surface area (Å²) in [7, 11) is 0. The van der Waals surface area contributed by atoms with Crippen LogP contribution in [0, 0.1) is 6.92 Å². The van der Waals surface area contributed by atoms with Crippen LogP contribution in [0.4, 0.5) is 4.53 Å². The predicted molar refractivity (Wildman–Crippen MR) is 53.7 cm³/mol. The number of thiophene rings is 1. The van der Waals surface area contributed by atoms with Crippen LogP contribution in [-0.4, -0.2) is 11.0 Å². The second kappa shape index (κ2) is 3.47. The normalized spacial score (nSPS) is 10.5. The van der Waals surface area contributed by atoms with E-state index in [1.54, 1.807) is 6.07 Å². The van der Waals surface area contributed by atoms with Crippen LogP contribution in [0.3, 0.4) is 0 Å². The zero-order chi connectivity index (χ0) is 11.0. The van der Waals surface area contributed by atoms with Gasteiger partial charge < -0.3 is 4.98 Å². The van der Waals surface area contributed by atoms with Gasteiger partial charge in [0.25, 0.3) is 0 Å². The van der Waals surface area contributed by atoms with Crippen LogP contribution >= 0.6 is 11.3 Å². The highest BCUT2D eigenvalue weighted by Gasteiger charge is 2.16. The monoisotopic (exact) mass is 227 g/mol. The molecule has 2 aromatic rings. The van der Waals surface area contributed by atoms with Gasteiger partial charge in [-0.25, -0.2) is 9.74 Å². The number of halogens is 1. The molecule has 0 saturated carbocycles. The quantitative estimate of drug-likeness (QED) is 0.809. The predicted octanol–water partition coefficient (Wildman–Crippen LogP) is 1.94. The zero-order valence-corrected chi connectivity index (χ0v) is 8.48. The van der Waals surface area contributed by atoms with E-state index in [9.17, 15) is 14.1 Å². The maximum Gasteiger partial charge on any atom is 0.385 e. The number of aryl methyl sites for hydroxylation is 1. The number of carbonyl (C=O) groups excluding carboxylic acids is 1. The molecule has 2 rings (SSSR count). The number of hydrogen-bond donors (Lipinski definition) is 1. The Balaban J connectivity index is 2.75. The van der Waals surface area contributed by atoms with E-state index in [2.05, 4.69) is 9.93 Å². The first kappa shape index (κ1) is 9.85. The van der Waals surface area contributed by atoms with Crippen LogP contribution in [0.15, 0.2) is 17.1 Å². The third-order valence-electron chi connectivity index (χ3n) is 1.97. The lowest BCUT2D eigenvalue weighted by atomic mass is 10.2. The lowest BCUT2D eigenvalue weighted by Crippen LogP contribution is -2.14. The molecule has 0 atom stereocenters. The largest absolute Gasteiger partial charge is 0.385 e. The Labute approximate surface area is 87.2 Å². The number of hydrogen-bond acceptors (Lipinski definition) is 4. The Kier molecular flexibility index (Phi) is 2.28. The van der Waals surface area contributed by atoms with Crippen LogP contribution in [0.5, 0.6) is 0 Å². The van der Waals surface area contributed by atoms with Gasteiger partial charge in [-0.3, -0.25) is 4.79 Å². The van der Waals surface area contributed by atoms with E-state index in [1.165, 1.54) is 11.3 Å². The van der Waals surface area contributed by atoms with E-state index in [0.29, 0.717) is 10.2 Å². The van der Waals surface area contributed by atoms with Gasteiger partial charge in [0.15, 0.2) is 0 Å². The lowest BCUT2D eigenvalue weighted by molar-refractivity contribution is -0.0789. The SMILES string of the molecule is Cc1cc2[nH]cc(C(=O)OF)c(=O)c2s1. The van der Waals surface area contributed by atoms with Gasteiger partial charge in [-0.05, 0) is 13.0 Å². The highest BCUT2D eigenvalue weighted by molar-refractivity contribution is 7.18. The third-order valence-corrected chi connectivity index (χ3v) is 3.02. The zero-order valence-electron chi connectivity index (χ0n) is 7.67. The number of aromatic nitrogens is 1. The minimum atomic E-state index is -1.27. The van der Waals surface area contributed by atoms with Gasteiger partial charge in [0.1, 0.15) is 5.56 Å². The molecule has 0 unspecified atom stereocenters. The van der Waals surface area contributed by atoms with Gasteiger partial charge in [0.2, 0.25) is 5.43 Å². The van der Waals surface area contributed by atoms with Crippen molar-refractivity contribution in [1.82, 2.24) is 4.98 Å². The first-order valence-electron chi connectivity index (χ1n) is 4.08. The summed E-state index contributed by atoms with van der Waals surface area (Å²) in [6, 6.07) is 1.78. The molecule has 0 aliphatic carbocycles. The van der Waals surface area contributed by atoms with Crippen molar-refractivity contribution in [3.63, 3.8) is 0 Å². The van der Waals surface area contributed by atoms with Crippen molar-refractivity contribution in [2.75, 3.05) is 0 Å². The molecule has 0 amide bonds. The van der Waals surface area contributed by atoms with Gasteiger partial charge in [-0.1, -0.05) is 0 Å². The average Bonchev–Trinajstić information content (AvgIpc) is 2.59. The van der Waals surface area contributed by atoms with E-state index in [0.717, 1.165) is 11.1 Å². The summed E-state index contributed by atoms with van der Waals surface area (Å²) < 4.78 is 12.1. The molecular weight excluding hydrogens is 221 g/mol. The van der Waals surface area contributed by atoms with Gasteiger partial charge in [0, 0.05) is 15.6 Å². The Bertz CT molecular complexity index is 587. The minimum absolute atomic E-state index is 0.327. The second-order valence-corrected chi connectivity index (χ2v) is 4.25. The molecule has 6 heteroatoms. The highest BCUT2D eigenvalue weighted by atomic mass is 32.1. The average molecular weight is 227 g/mol. The number of nitrogens with one attached hydrogen (secondary N) is 1. The molecule has 0 saturated heterocycles. The molecule has 0 aromatic carbocycles. The number of fused-ring (bicyclic) bond motifs is 1. The molecule has 0 fully saturated rings. The van der Waals surface area contributed by atoms with Crippen molar-refractivity contribution in [3.8, 4) is 0 Å². The van der Waals surface area contributed by atoms with E-state index in [-0.39, 0.29) is 5.56 Å². The standard InChI is InChI=1S/C9H6FNO3S/c1-4-2-6-8(15-4)7(12)5(3-11-6)9(13)14-10/h2-3H,1H3,(H,11,12). The van der Waals surface area contributed by atoms with Crippen molar-refractivity contribution in [2.24, 2.45) is 0 Å².